The number of hydrogen-bond acceptors (Lipinski definition) is 8. The van der Waals surface area contributed by atoms with Crippen LogP contribution >= 0.6 is 11.8 Å². The highest BCUT2D eigenvalue weighted by Crippen LogP contribution is 2.50. The Balaban J connectivity index is 1.18. The van der Waals surface area contributed by atoms with Crippen molar-refractivity contribution < 1.29 is 19.1 Å². The molecule has 2 unspecified atom stereocenters. The van der Waals surface area contributed by atoms with E-state index < -0.39 is 17.3 Å². The van der Waals surface area contributed by atoms with Gasteiger partial charge in [-0.25, -0.2) is 19.7 Å². The number of carbonyl (C=O) groups excluding carboxylic acids is 3. The third-order valence-corrected chi connectivity index (χ3v) is 8.19. The predicted molar refractivity (Wildman–Crippen MR) is 144 cm³/mol. The molecule has 1 fully saturated rings. The van der Waals surface area contributed by atoms with Gasteiger partial charge in [-0.1, -0.05) is 36.5 Å². The number of thioether (sulfide) groups is 1. The van der Waals surface area contributed by atoms with E-state index in [4.69, 9.17) is 4.74 Å². The first-order valence-electron chi connectivity index (χ1n) is 12.5. The maximum atomic E-state index is 13.3. The third-order valence-electron chi connectivity index (χ3n) is 6.90. The summed E-state index contributed by atoms with van der Waals surface area (Å²) in [5.41, 5.74) is 1.87. The first-order valence-corrected chi connectivity index (χ1v) is 13.4. The van der Waals surface area contributed by atoms with Crippen molar-refractivity contribution in [1.82, 2.24) is 30.9 Å². The van der Waals surface area contributed by atoms with Crippen LogP contribution in [0.25, 0.3) is 0 Å². The summed E-state index contributed by atoms with van der Waals surface area (Å²) in [7, 11) is 0. The maximum absolute atomic E-state index is 13.3. The standard InChI is InChI=1S/C27H25N7O4S/c1-2-20(35)31-15-8-9-16(12-15)32-24(36)23-22-21-19(10-11-28-25(21)39-23)34(27(37)33-22)17-13-29-26(30-14-17)38-18-6-4-3-5-7-18/h2-7,10-11,13-16,22-23H,1,8-9,12H2,(H,31,35)(H,32,36)(H,33,37)/t15-,16+,22?,23?/m1/s1. The zero-order chi connectivity index (χ0) is 26.9. The average molecular weight is 544 g/mol. The second-order valence-corrected chi connectivity index (χ2v) is 10.5. The molecule has 12 heteroatoms. The van der Waals surface area contributed by atoms with Crippen LogP contribution in [0.5, 0.6) is 11.8 Å². The Morgan fingerprint density at radius 3 is 2.56 bits per heavy atom. The minimum atomic E-state index is -0.570. The first-order chi connectivity index (χ1) is 19.0. The summed E-state index contributed by atoms with van der Waals surface area (Å²) < 4.78 is 5.67. The summed E-state index contributed by atoms with van der Waals surface area (Å²) in [5, 5.41) is 9.10. The SMILES string of the molecule is C=CC(=O)N[C@@H]1CC[C@H](NC(=O)C2Sc3nccc4c3C2NC(=O)N4c2cnc(Oc3ccccc3)nc2)C1. The lowest BCUT2D eigenvalue weighted by molar-refractivity contribution is -0.121. The van der Waals surface area contributed by atoms with Gasteiger partial charge in [-0.2, -0.15) is 0 Å². The number of anilines is 2. The molecule has 0 saturated heterocycles. The number of carbonyl (C=O) groups is 3. The fraction of sp³-hybridized carbons (Fsp3) is 0.259. The van der Waals surface area contributed by atoms with Crippen LogP contribution in [-0.4, -0.2) is 50.1 Å². The molecule has 3 aromatic rings. The smallest absolute Gasteiger partial charge is 0.327 e. The zero-order valence-corrected chi connectivity index (χ0v) is 21.6. The Labute approximate surface area is 228 Å². The fourth-order valence-electron chi connectivity index (χ4n) is 5.14. The van der Waals surface area contributed by atoms with Crippen molar-refractivity contribution in [1.29, 1.82) is 0 Å². The maximum Gasteiger partial charge on any atom is 0.327 e. The summed E-state index contributed by atoms with van der Waals surface area (Å²) in [6.07, 6.45) is 8.10. The molecule has 1 aliphatic carbocycles. The molecule has 6 rings (SSSR count). The molecule has 198 valence electrons. The van der Waals surface area contributed by atoms with Crippen LogP contribution < -0.4 is 25.6 Å². The van der Waals surface area contributed by atoms with E-state index >= 15 is 0 Å². The van der Waals surface area contributed by atoms with E-state index in [1.807, 2.05) is 18.2 Å². The number of ether oxygens (including phenoxy) is 1. The summed E-state index contributed by atoms with van der Waals surface area (Å²) in [6.45, 7) is 3.48. The van der Waals surface area contributed by atoms with Crippen LogP contribution in [0.15, 0.2) is 72.7 Å². The highest BCUT2D eigenvalue weighted by atomic mass is 32.2. The molecule has 0 bridgehead atoms. The predicted octanol–water partition coefficient (Wildman–Crippen LogP) is 3.38. The highest BCUT2D eigenvalue weighted by molar-refractivity contribution is 8.01. The van der Waals surface area contributed by atoms with Crippen molar-refractivity contribution in [2.45, 2.75) is 47.7 Å². The van der Waals surface area contributed by atoms with Crippen molar-refractivity contribution in [3.05, 3.63) is 73.2 Å². The average Bonchev–Trinajstić information content (AvgIpc) is 3.55. The van der Waals surface area contributed by atoms with E-state index in [-0.39, 0.29) is 29.9 Å². The summed E-state index contributed by atoms with van der Waals surface area (Å²) in [6, 6.07) is 10.1. The molecule has 4 heterocycles. The number of nitrogens with one attached hydrogen (secondary N) is 3. The van der Waals surface area contributed by atoms with E-state index in [2.05, 4.69) is 37.5 Å². The fourth-order valence-corrected chi connectivity index (χ4v) is 6.38. The number of aromatic nitrogens is 3. The van der Waals surface area contributed by atoms with Crippen molar-refractivity contribution in [3.63, 3.8) is 0 Å². The molecule has 11 nitrogen and oxygen atoms in total. The van der Waals surface area contributed by atoms with Gasteiger partial charge in [-0.05, 0) is 43.5 Å². The Morgan fingerprint density at radius 1 is 1.08 bits per heavy atom. The lowest BCUT2D eigenvalue weighted by Crippen LogP contribution is -2.50. The Bertz CT molecular complexity index is 1440. The van der Waals surface area contributed by atoms with E-state index in [0.29, 0.717) is 28.6 Å². The van der Waals surface area contributed by atoms with Crippen LogP contribution in [0.4, 0.5) is 16.2 Å². The largest absolute Gasteiger partial charge is 0.424 e. The van der Waals surface area contributed by atoms with Gasteiger partial charge < -0.3 is 20.7 Å². The molecule has 0 spiro atoms. The molecule has 3 N–H and O–H groups in total. The molecule has 3 aliphatic rings. The van der Waals surface area contributed by atoms with E-state index in [9.17, 15) is 14.4 Å². The van der Waals surface area contributed by atoms with Gasteiger partial charge in [0.2, 0.25) is 11.8 Å². The van der Waals surface area contributed by atoms with Gasteiger partial charge in [-0.15, -0.1) is 0 Å². The molecular weight excluding hydrogens is 518 g/mol. The zero-order valence-electron chi connectivity index (χ0n) is 20.7. The van der Waals surface area contributed by atoms with Crippen molar-refractivity contribution >= 4 is 41.0 Å². The lowest BCUT2D eigenvalue weighted by atomic mass is 10.00. The summed E-state index contributed by atoms with van der Waals surface area (Å²) >= 11 is 1.33. The highest BCUT2D eigenvalue weighted by Gasteiger charge is 2.47. The number of pyridine rings is 1. The number of urea groups is 1. The monoisotopic (exact) mass is 543 g/mol. The molecule has 4 atom stereocenters. The minimum Gasteiger partial charge on any atom is -0.424 e. The Hall–Kier alpha value is -4.45. The quantitative estimate of drug-likeness (QED) is 0.386. The summed E-state index contributed by atoms with van der Waals surface area (Å²) in [4.78, 5) is 52.8. The second kappa shape index (κ2) is 10.4. The van der Waals surface area contributed by atoms with Crippen LogP contribution in [0.1, 0.15) is 30.9 Å². The van der Waals surface area contributed by atoms with Gasteiger partial charge in [-0.3, -0.25) is 14.5 Å². The number of para-hydroxylation sites is 1. The van der Waals surface area contributed by atoms with Crippen molar-refractivity contribution in [3.8, 4) is 11.8 Å². The van der Waals surface area contributed by atoms with Crippen molar-refractivity contribution in [2.75, 3.05) is 4.90 Å². The van der Waals surface area contributed by atoms with Crippen molar-refractivity contribution in [2.24, 2.45) is 0 Å². The second-order valence-electron chi connectivity index (χ2n) is 9.42. The number of amides is 4. The van der Waals surface area contributed by atoms with Gasteiger partial charge in [0.25, 0.3) is 0 Å². The topological polar surface area (TPSA) is 138 Å². The lowest BCUT2D eigenvalue weighted by Gasteiger charge is -2.34. The van der Waals surface area contributed by atoms with Gasteiger partial charge in [0.1, 0.15) is 16.0 Å². The Morgan fingerprint density at radius 2 is 1.82 bits per heavy atom. The summed E-state index contributed by atoms with van der Waals surface area (Å²) in [5.74, 6) is 0.214. The van der Waals surface area contributed by atoms with Crippen LogP contribution in [-0.2, 0) is 9.59 Å². The van der Waals surface area contributed by atoms with Gasteiger partial charge in [0.05, 0.1) is 29.8 Å². The van der Waals surface area contributed by atoms with Crippen LogP contribution in [0, 0.1) is 0 Å². The van der Waals surface area contributed by atoms with E-state index in [0.717, 1.165) is 18.4 Å². The molecule has 1 saturated carbocycles. The van der Waals surface area contributed by atoms with Gasteiger partial charge in [0.15, 0.2) is 0 Å². The first kappa shape index (κ1) is 24.9. The molecule has 1 aromatic carbocycles. The Kier molecular flexibility index (Phi) is 6.61. The normalized spacial score (nSPS) is 23.0. The number of rotatable bonds is 7. The van der Waals surface area contributed by atoms with E-state index in [1.165, 1.54) is 35.1 Å². The molecule has 4 amide bonds. The van der Waals surface area contributed by atoms with Gasteiger partial charge in [0, 0.05) is 23.8 Å². The van der Waals surface area contributed by atoms with E-state index in [1.54, 1.807) is 24.4 Å². The minimum absolute atomic E-state index is 0.00265. The molecule has 0 radical (unpaired) electrons. The number of hydrogen-bond donors (Lipinski definition) is 3. The molecular formula is C27H25N7O4S. The third kappa shape index (κ3) is 4.90. The number of nitrogens with zero attached hydrogens (tertiary/aromatic N) is 4. The van der Waals surface area contributed by atoms with Gasteiger partial charge >= 0.3 is 12.0 Å². The van der Waals surface area contributed by atoms with Crippen LogP contribution in [0.3, 0.4) is 0 Å². The molecule has 39 heavy (non-hydrogen) atoms. The molecule has 2 aliphatic heterocycles. The number of benzene rings is 1. The van der Waals surface area contributed by atoms with Crippen LogP contribution in [0.2, 0.25) is 0 Å². The molecule has 2 aromatic heterocycles.